The fraction of sp³-hybridized carbons (Fsp3) is 0.435. The van der Waals surface area contributed by atoms with E-state index >= 15 is 0 Å². The summed E-state index contributed by atoms with van der Waals surface area (Å²) >= 11 is 0. The maximum Gasteiger partial charge on any atom is 0.316 e. The lowest BCUT2D eigenvalue weighted by Gasteiger charge is -2.29. The van der Waals surface area contributed by atoms with Crippen molar-refractivity contribution in [3.05, 3.63) is 53.6 Å². The highest BCUT2D eigenvalue weighted by atomic mass is 32.2. The van der Waals surface area contributed by atoms with Gasteiger partial charge in [0.2, 0.25) is 10.0 Å². The molecular formula is C23H27NO6S. The van der Waals surface area contributed by atoms with E-state index in [-0.39, 0.29) is 17.5 Å². The smallest absolute Gasteiger partial charge is 0.316 e. The zero-order valence-electron chi connectivity index (χ0n) is 17.8. The lowest BCUT2D eigenvalue weighted by molar-refractivity contribution is -0.152. The van der Waals surface area contributed by atoms with E-state index in [1.165, 1.54) is 20.2 Å². The minimum absolute atomic E-state index is 0.0158. The van der Waals surface area contributed by atoms with E-state index in [9.17, 15) is 13.2 Å². The highest BCUT2D eigenvalue weighted by molar-refractivity contribution is 7.89. The largest absolute Gasteiger partial charge is 0.486 e. The van der Waals surface area contributed by atoms with Crippen molar-refractivity contribution >= 4 is 16.0 Å². The summed E-state index contributed by atoms with van der Waals surface area (Å²) in [4.78, 5) is 13.5. The fourth-order valence-corrected chi connectivity index (χ4v) is 5.20. The predicted molar refractivity (Wildman–Crippen MR) is 115 cm³/mol. The summed E-state index contributed by atoms with van der Waals surface area (Å²) in [5, 5.41) is 0. The average molecular weight is 446 g/mol. The van der Waals surface area contributed by atoms with Crippen LogP contribution >= 0.6 is 0 Å². The van der Waals surface area contributed by atoms with Crippen molar-refractivity contribution in [3.63, 3.8) is 0 Å². The first-order valence-corrected chi connectivity index (χ1v) is 11.9. The molecule has 8 heteroatoms. The fourth-order valence-electron chi connectivity index (χ4n) is 4.22. The molecule has 0 amide bonds. The molecule has 1 saturated carbocycles. The molecule has 0 unspecified atom stereocenters. The Labute approximate surface area is 183 Å². The number of ether oxygens (including phenoxy) is 3. The molecule has 0 aromatic heterocycles. The first-order chi connectivity index (χ1) is 14.8. The summed E-state index contributed by atoms with van der Waals surface area (Å²) in [7, 11) is -0.580. The molecule has 0 spiro atoms. The van der Waals surface area contributed by atoms with Crippen LogP contribution in [-0.4, -0.2) is 46.0 Å². The van der Waals surface area contributed by atoms with Gasteiger partial charge < -0.3 is 14.2 Å². The lowest BCUT2D eigenvalue weighted by atomic mass is 9.78. The van der Waals surface area contributed by atoms with Crippen molar-refractivity contribution < 1.29 is 27.4 Å². The van der Waals surface area contributed by atoms with Gasteiger partial charge in [0, 0.05) is 14.1 Å². The molecule has 0 saturated heterocycles. The number of carbonyl (C=O) groups excluding carboxylic acids is 1. The minimum atomic E-state index is -3.55. The number of fused-ring (bicyclic) bond motifs is 1. The Morgan fingerprint density at radius 2 is 1.74 bits per heavy atom. The average Bonchev–Trinajstić information content (AvgIpc) is 3.28. The number of carbonyl (C=O) groups is 1. The van der Waals surface area contributed by atoms with Gasteiger partial charge in [0.25, 0.3) is 0 Å². The monoisotopic (exact) mass is 445 g/mol. The molecule has 1 aliphatic carbocycles. The number of hydrogen-bond donors (Lipinski definition) is 0. The number of hydrogen-bond acceptors (Lipinski definition) is 6. The molecule has 0 N–H and O–H groups in total. The van der Waals surface area contributed by atoms with Gasteiger partial charge in [0.1, 0.15) is 19.8 Å². The molecule has 166 valence electrons. The Morgan fingerprint density at radius 1 is 1.03 bits per heavy atom. The normalized spacial score (nSPS) is 17.5. The van der Waals surface area contributed by atoms with Crippen LogP contribution in [0.15, 0.2) is 47.4 Å². The number of benzene rings is 2. The lowest BCUT2D eigenvalue weighted by Crippen LogP contribution is -2.35. The zero-order chi connectivity index (χ0) is 22.1. The molecule has 2 aromatic carbocycles. The molecule has 7 nitrogen and oxygen atoms in total. The van der Waals surface area contributed by atoms with Crippen LogP contribution in [0.2, 0.25) is 0 Å². The van der Waals surface area contributed by atoms with Gasteiger partial charge in [-0.2, -0.15) is 0 Å². The molecule has 0 bridgehead atoms. The molecule has 1 aliphatic heterocycles. The third-order valence-corrected chi connectivity index (χ3v) is 7.80. The van der Waals surface area contributed by atoms with Crippen LogP contribution in [0.25, 0.3) is 0 Å². The minimum Gasteiger partial charge on any atom is -0.486 e. The summed E-state index contributed by atoms with van der Waals surface area (Å²) < 4.78 is 43.0. The molecule has 2 aromatic rings. The van der Waals surface area contributed by atoms with Gasteiger partial charge in [-0.1, -0.05) is 31.0 Å². The van der Waals surface area contributed by atoms with Crippen LogP contribution in [0.3, 0.4) is 0 Å². The molecular weight excluding hydrogens is 418 g/mol. The molecule has 1 heterocycles. The van der Waals surface area contributed by atoms with E-state index in [0.717, 1.165) is 22.7 Å². The first-order valence-electron chi connectivity index (χ1n) is 10.4. The Morgan fingerprint density at radius 3 is 2.45 bits per heavy atom. The van der Waals surface area contributed by atoms with Gasteiger partial charge >= 0.3 is 5.97 Å². The summed E-state index contributed by atoms with van der Waals surface area (Å²) in [6.45, 7) is 1.02. The molecule has 0 radical (unpaired) electrons. The summed E-state index contributed by atoms with van der Waals surface area (Å²) in [6.07, 6.45) is 3.31. The van der Waals surface area contributed by atoms with Crippen LogP contribution in [-0.2, 0) is 31.6 Å². The SMILES string of the molecule is CN(C)S(=O)(=O)c1cccc(COC(=O)C2(c3ccc4c(c3)OCCO4)CCCC2)c1. The van der Waals surface area contributed by atoms with E-state index < -0.39 is 15.4 Å². The van der Waals surface area contributed by atoms with Crippen LogP contribution in [0, 0.1) is 0 Å². The first kappa shape index (κ1) is 21.6. The maximum absolute atomic E-state index is 13.3. The van der Waals surface area contributed by atoms with Crippen LogP contribution < -0.4 is 9.47 Å². The number of esters is 1. The number of rotatable bonds is 6. The summed E-state index contributed by atoms with van der Waals surface area (Å²) in [6, 6.07) is 12.2. The molecule has 31 heavy (non-hydrogen) atoms. The molecule has 2 aliphatic rings. The molecule has 4 rings (SSSR count). The second kappa shape index (κ2) is 8.51. The Bertz CT molecular complexity index is 1070. The Kier molecular flexibility index (Phi) is 5.94. The van der Waals surface area contributed by atoms with E-state index in [2.05, 4.69) is 0 Å². The van der Waals surface area contributed by atoms with Crippen LogP contribution in [0.5, 0.6) is 11.5 Å². The summed E-state index contributed by atoms with van der Waals surface area (Å²) in [5.41, 5.74) is 0.790. The van der Waals surface area contributed by atoms with Crippen molar-refractivity contribution in [2.75, 3.05) is 27.3 Å². The predicted octanol–water partition coefficient (Wildman–Crippen LogP) is 3.26. The number of sulfonamides is 1. The van der Waals surface area contributed by atoms with Crippen LogP contribution in [0.4, 0.5) is 0 Å². The zero-order valence-corrected chi connectivity index (χ0v) is 18.6. The van der Waals surface area contributed by atoms with E-state index in [0.29, 0.717) is 43.1 Å². The maximum atomic E-state index is 13.3. The van der Waals surface area contributed by atoms with Crippen molar-refractivity contribution in [1.82, 2.24) is 4.31 Å². The Hall–Kier alpha value is -2.58. The third-order valence-electron chi connectivity index (χ3n) is 5.99. The van der Waals surface area contributed by atoms with Crippen molar-refractivity contribution in [2.24, 2.45) is 0 Å². The second-order valence-electron chi connectivity index (χ2n) is 8.16. The van der Waals surface area contributed by atoms with Crippen molar-refractivity contribution in [2.45, 2.75) is 42.6 Å². The van der Waals surface area contributed by atoms with Gasteiger partial charge in [-0.25, -0.2) is 12.7 Å². The third kappa shape index (κ3) is 4.14. The Balaban J connectivity index is 1.54. The second-order valence-corrected chi connectivity index (χ2v) is 10.3. The topological polar surface area (TPSA) is 82.1 Å². The molecule has 1 fully saturated rings. The summed E-state index contributed by atoms with van der Waals surface area (Å²) in [5.74, 6) is 1.06. The van der Waals surface area contributed by atoms with E-state index in [1.807, 2.05) is 18.2 Å². The van der Waals surface area contributed by atoms with E-state index in [4.69, 9.17) is 14.2 Å². The number of nitrogens with zero attached hydrogens (tertiary/aromatic N) is 1. The highest BCUT2D eigenvalue weighted by Crippen LogP contribution is 2.45. The van der Waals surface area contributed by atoms with Gasteiger partial charge in [-0.15, -0.1) is 0 Å². The molecule has 0 atom stereocenters. The standard InChI is InChI=1S/C23H27NO6S/c1-24(2)31(26,27)19-7-5-6-17(14-19)16-30-22(25)23(10-3-4-11-23)18-8-9-20-21(15-18)29-13-12-28-20/h5-9,14-15H,3-4,10-13,16H2,1-2H3. The van der Waals surface area contributed by atoms with Crippen LogP contribution in [0.1, 0.15) is 36.8 Å². The quantitative estimate of drug-likeness (QED) is 0.635. The van der Waals surface area contributed by atoms with Gasteiger partial charge in [-0.3, -0.25) is 4.79 Å². The highest BCUT2D eigenvalue weighted by Gasteiger charge is 2.44. The van der Waals surface area contributed by atoms with Crippen molar-refractivity contribution in [3.8, 4) is 11.5 Å². The van der Waals surface area contributed by atoms with Gasteiger partial charge in [0.15, 0.2) is 11.5 Å². The van der Waals surface area contributed by atoms with E-state index in [1.54, 1.807) is 18.2 Å². The van der Waals surface area contributed by atoms with Crippen molar-refractivity contribution in [1.29, 1.82) is 0 Å². The van der Waals surface area contributed by atoms with Gasteiger partial charge in [0.05, 0.1) is 10.3 Å². The van der Waals surface area contributed by atoms with Gasteiger partial charge in [-0.05, 0) is 48.2 Å².